The molecule has 0 amide bonds. The van der Waals surface area contributed by atoms with Gasteiger partial charge >= 0.3 is 0 Å². The zero-order valence-electron chi connectivity index (χ0n) is 18.3. The van der Waals surface area contributed by atoms with Crippen molar-refractivity contribution in [2.24, 2.45) is 5.84 Å². The number of β-amino-alcohol motifs (C(OH)–C–C–N with tert-alkyl or cyclic N) is 1. The zero-order chi connectivity index (χ0) is 21.8. The molecule has 0 fully saturated rings. The molecule has 1 atom stereocenters. The van der Waals surface area contributed by atoms with Crippen LogP contribution in [0, 0.1) is 0 Å². The summed E-state index contributed by atoms with van der Waals surface area (Å²) < 4.78 is 11.6. The van der Waals surface area contributed by atoms with Gasteiger partial charge in [-0.25, -0.2) is 5.84 Å². The van der Waals surface area contributed by atoms with Crippen molar-refractivity contribution in [2.75, 3.05) is 36.7 Å². The summed E-state index contributed by atoms with van der Waals surface area (Å²) in [5.74, 6) is 9.15. The first-order valence-electron chi connectivity index (χ1n) is 10.1. The average molecular weight is 472 g/mol. The SMILES string of the molecule is CCSCCc1ccccc1OCC(O)CNC(C)(C)COc1ccc(NN)nn1.Cl. The summed E-state index contributed by atoms with van der Waals surface area (Å²) in [6.07, 6.45) is 0.315. The number of nitrogens with two attached hydrogens (primary N) is 1. The molecular weight excluding hydrogens is 438 g/mol. The number of aromatic nitrogens is 2. The van der Waals surface area contributed by atoms with E-state index in [-0.39, 0.29) is 24.6 Å². The minimum Gasteiger partial charge on any atom is -0.491 e. The lowest BCUT2D eigenvalue weighted by molar-refractivity contribution is 0.0919. The lowest BCUT2D eigenvalue weighted by atomic mass is 10.1. The second-order valence-corrected chi connectivity index (χ2v) is 8.87. The van der Waals surface area contributed by atoms with Gasteiger partial charge in [0.15, 0.2) is 5.82 Å². The number of nitrogens with zero attached hydrogens (tertiary/aromatic N) is 2. The molecule has 1 unspecified atom stereocenters. The molecule has 31 heavy (non-hydrogen) atoms. The van der Waals surface area contributed by atoms with Crippen LogP contribution in [0.15, 0.2) is 36.4 Å². The predicted octanol–water partition coefficient (Wildman–Crippen LogP) is 2.67. The Morgan fingerprint density at radius 1 is 1.16 bits per heavy atom. The summed E-state index contributed by atoms with van der Waals surface area (Å²) in [4.78, 5) is 0. The number of halogens is 1. The Balaban J connectivity index is 0.00000480. The number of benzene rings is 1. The molecule has 2 aromatic rings. The summed E-state index contributed by atoms with van der Waals surface area (Å²) >= 11 is 1.91. The summed E-state index contributed by atoms with van der Waals surface area (Å²) in [5.41, 5.74) is 3.22. The van der Waals surface area contributed by atoms with E-state index in [0.29, 0.717) is 24.8 Å². The van der Waals surface area contributed by atoms with Gasteiger partial charge in [0.1, 0.15) is 25.1 Å². The van der Waals surface area contributed by atoms with Crippen LogP contribution in [0.4, 0.5) is 5.82 Å². The van der Waals surface area contributed by atoms with E-state index < -0.39 is 6.10 Å². The fourth-order valence-corrected chi connectivity index (χ4v) is 3.25. The normalized spacial score (nSPS) is 12.0. The smallest absolute Gasteiger partial charge is 0.233 e. The van der Waals surface area contributed by atoms with Gasteiger partial charge in [0.05, 0.1) is 0 Å². The van der Waals surface area contributed by atoms with Gasteiger partial charge in [-0.1, -0.05) is 25.1 Å². The van der Waals surface area contributed by atoms with Gasteiger partial charge in [-0.2, -0.15) is 11.8 Å². The Morgan fingerprint density at radius 2 is 1.94 bits per heavy atom. The molecule has 1 aromatic heterocycles. The van der Waals surface area contributed by atoms with Crippen LogP contribution in [0.5, 0.6) is 11.6 Å². The predicted molar refractivity (Wildman–Crippen MR) is 129 cm³/mol. The maximum atomic E-state index is 10.3. The highest BCUT2D eigenvalue weighted by molar-refractivity contribution is 7.99. The second kappa shape index (κ2) is 14.3. The molecule has 0 spiro atoms. The average Bonchev–Trinajstić information content (AvgIpc) is 2.76. The molecule has 10 heteroatoms. The fourth-order valence-electron chi connectivity index (χ4n) is 2.60. The van der Waals surface area contributed by atoms with E-state index in [4.69, 9.17) is 15.3 Å². The second-order valence-electron chi connectivity index (χ2n) is 7.47. The lowest BCUT2D eigenvalue weighted by Gasteiger charge is -2.27. The van der Waals surface area contributed by atoms with Crippen molar-refractivity contribution in [3.63, 3.8) is 0 Å². The number of rotatable bonds is 14. The summed E-state index contributed by atoms with van der Waals surface area (Å²) in [6, 6.07) is 11.4. The number of ether oxygens (including phenoxy) is 2. The molecule has 0 aliphatic rings. The molecule has 0 saturated heterocycles. The van der Waals surface area contributed by atoms with E-state index in [2.05, 4.69) is 33.9 Å². The molecule has 1 heterocycles. The summed E-state index contributed by atoms with van der Waals surface area (Å²) in [7, 11) is 0. The molecular formula is C21H34ClN5O3S. The first kappa shape index (κ1) is 27.3. The van der Waals surface area contributed by atoms with E-state index in [1.807, 2.05) is 43.8 Å². The summed E-state index contributed by atoms with van der Waals surface area (Å²) in [5, 5.41) is 21.5. The monoisotopic (exact) mass is 471 g/mol. The van der Waals surface area contributed by atoms with E-state index in [9.17, 15) is 5.11 Å². The van der Waals surface area contributed by atoms with Crippen LogP contribution in [-0.4, -0.2) is 58.2 Å². The molecule has 174 valence electrons. The number of nitrogen functional groups attached to an aromatic ring is 1. The van der Waals surface area contributed by atoms with Gasteiger partial charge in [0, 0.05) is 18.2 Å². The highest BCUT2D eigenvalue weighted by Crippen LogP contribution is 2.20. The number of aliphatic hydroxyl groups excluding tert-OH is 1. The van der Waals surface area contributed by atoms with Crippen LogP contribution in [0.25, 0.3) is 0 Å². The minimum absolute atomic E-state index is 0. The first-order valence-corrected chi connectivity index (χ1v) is 11.2. The molecule has 2 rings (SSSR count). The Morgan fingerprint density at radius 3 is 2.61 bits per heavy atom. The van der Waals surface area contributed by atoms with Gasteiger partial charge in [0.2, 0.25) is 5.88 Å². The third-order valence-electron chi connectivity index (χ3n) is 4.31. The van der Waals surface area contributed by atoms with Gasteiger partial charge in [-0.05, 0) is 49.5 Å². The van der Waals surface area contributed by atoms with Crippen LogP contribution < -0.4 is 26.1 Å². The molecule has 8 nitrogen and oxygen atoms in total. The fraction of sp³-hybridized carbons (Fsp3) is 0.524. The van der Waals surface area contributed by atoms with Crippen molar-refractivity contribution in [2.45, 2.75) is 38.8 Å². The summed E-state index contributed by atoms with van der Waals surface area (Å²) in [6.45, 7) is 7.11. The number of nitrogens with one attached hydrogen (secondary N) is 2. The van der Waals surface area contributed by atoms with Gasteiger partial charge in [-0.3, -0.25) is 0 Å². The Kier molecular flexibility index (Phi) is 12.6. The van der Waals surface area contributed by atoms with Crippen LogP contribution in [0.2, 0.25) is 0 Å². The quantitative estimate of drug-likeness (QED) is 0.187. The van der Waals surface area contributed by atoms with E-state index in [1.54, 1.807) is 12.1 Å². The topological polar surface area (TPSA) is 115 Å². The Hall–Kier alpha value is -1.78. The highest BCUT2D eigenvalue weighted by Gasteiger charge is 2.20. The molecule has 1 aromatic carbocycles. The van der Waals surface area contributed by atoms with E-state index >= 15 is 0 Å². The number of hydrogen-bond donors (Lipinski definition) is 4. The van der Waals surface area contributed by atoms with Crippen LogP contribution >= 0.6 is 24.2 Å². The van der Waals surface area contributed by atoms with Crippen molar-refractivity contribution >= 4 is 30.0 Å². The number of hydrogen-bond acceptors (Lipinski definition) is 9. The molecule has 5 N–H and O–H groups in total. The number of anilines is 1. The van der Waals surface area contributed by atoms with Crippen molar-refractivity contribution in [3.05, 3.63) is 42.0 Å². The highest BCUT2D eigenvalue weighted by atomic mass is 35.5. The Bertz CT molecular complexity index is 752. The van der Waals surface area contributed by atoms with E-state index in [1.165, 1.54) is 5.56 Å². The van der Waals surface area contributed by atoms with Crippen LogP contribution in [0.1, 0.15) is 26.3 Å². The standard InChI is InChI=1S/C21H33N5O3S.ClH/c1-4-30-12-11-16-7-5-6-8-18(16)28-14-17(27)13-23-21(2,3)15-29-20-10-9-19(24-22)25-26-20;/h5-10,17,23,27H,4,11-15,22H2,1-3H3,(H,24,25);1H. The van der Waals surface area contributed by atoms with Crippen LogP contribution in [0.3, 0.4) is 0 Å². The van der Waals surface area contributed by atoms with Crippen molar-refractivity contribution in [3.8, 4) is 11.6 Å². The molecule has 0 radical (unpaired) electrons. The minimum atomic E-state index is -0.642. The third-order valence-corrected chi connectivity index (χ3v) is 5.21. The largest absolute Gasteiger partial charge is 0.491 e. The molecule has 0 aliphatic carbocycles. The van der Waals surface area contributed by atoms with E-state index in [0.717, 1.165) is 23.7 Å². The van der Waals surface area contributed by atoms with Crippen molar-refractivity contribution in [1.29, 1.82) is 0 Å². The molecule has 0 bridgehead atoms. The van der Waals surface area contributed by atoms with Gasteiger partial charge < -0.3 is 25.3 Å². The number of aryl methyl sites for hydroxylation is 1. The number of para-hydroxylation sites is 1. The first-order chi connectivity index (χ1) is 14.4. The lowest BCUT2D eigenvalue weighted by Crippen LogP contribution is -2.48. The van der Waals surface area contributed by atoms with Gasteiger partial charge in [-0.15, -0.1) is 22.6 Å². The van der Waals surface area contributed by atoms with Crippen molar-refractivity contribution < 1.29 is 14.6 Å². The maximum Gasteiger partial charge on any atom is 0.233 e. The number of thioether (sulfide) groups is 1. The van der Waals surface area contributed by atoms with Crippen molar-refractivity contribution in [1.82, 2.24) is 15.5 Å². The molecule has 0 saturated carbocycles. The van der Waals surface area contributed by atoms with Crippen LogP contribution in [-0.2, 0) is 6.42 Å². The van der Waals surface area contributed by atoms with Gasteiger partial charge in [0.25, 0.3) is 0 Å². The Labute approximate surface area is 195 Å². The number of hydrazine groups is 1. The zero-order valence-corrected chi connectivity index (χ0v) is 20.0. The third kappa shape index (κ3) is 10.4. The molecule has 0 aliphatic heterocycles. The maximum absolute atomic E-state index is 10.3. The number of aliphatic hydroxyl groups is 1.